The first-order chi connectivity index (χ1) is 16.8. The number of carboxylic acid groups (broad SMARTS) is 2. The predicted molar refractivity (Wildman–Crippen MR) is 133 cm³/mol. The maximum atomic E-state index is 13.1. The summed E-state index contributed by atoms with van der Waals surface area (Å²) in [6.45, 7) is 7.36. The molecule has 0 fully saturated rings. The number of nitrogens with two attached hydrogens (primary N) is 1. The van der Waals surface area contributed by atoms with Crippen LogP contribution < -0.4 is 21.7 Å². The van der Waals surface area contributed by atoms with Gasteiger partial charge in [-0.25, -0.2) is 4.79 Å². The van der Waals surface area contributed by atoms with Crippen molar-refractivity contribution >= 4 is 29.7 Å². The maximum absolute atomic E-state index is 13.1. The SMILES string of the molecule is CC(C)CC(N)C(=O)NC(CC(=O)O)C(=O)NC(Cc1ccccc1)C(=O)NC(CC(C)C)C(=O)O. The van der Waals surface area contributed by atoms with Gasteiger partial charge >= 0.3 is 11.9 Å². The van der Waals surface area contributed by atoms with Gasteiger partial charge in [0.1, 0.15) is 18.1 Å². The highest BCUT2D eigenvalue weighted by molar-refractivity contribution is 5.95. The minimum absolute atomic E-state index is 0.0150. The summed E-state index contributed by atoms with van der Waals surface area (Å²) in [5.41, 5.74) is 6.55. The summed E-state index contributed by atoms with van der Waals surface area (Å²) in [4.78, 5) is 61.6. The molecule has 4 atom stereocenters. The van der Waals surface area contributed by atoms with E-state index in [0.717, 1.165) is 0 Å². The van der Waals surface area contributed by atoms with Crippen LogP contribution in [0.3, 0.4) is 0 Å². The molecular formula is C25H38N4O7. The van der Waals surface area contributed by atoms with Gasteiger partial charge in [0, 0.05) is 6.42 Å². The zero-order chi connectivity index (χ0) is 27.4. The van der Waals surface area contributed by atoms with Gasteiger partial charge in [-0.05, 0) is 30.2 Å². The Bertz CT molecular complexity index is 905. The number of carbonyl (C=O) groups excluding carboxylic acids is 3. The lowest BCUT2D eigenvalue weighted by Crippen LogP contribution is -2.58. The van der Waals surface area contributed by atoms with E-state index in [1.807, 2.05) is 27.7 Å². The van der Waals surface area contributed by atoms with Crippen LogP contribution in [0.5, 0.6) is 0 Å². The molecule has 0 aliphatic rings. The molecule has 36 heavy (non-hydrogen) atoms. The molecule has 0 bridgehead atoms. The van der Waals surface area contributed by atoms with Crippen molar-refractivity contribution in [1.82, 2.24) is 16.0 Å². The second kappa shape index (κ2) is 14.8. The van der Waals surface area contributed by atoms with Crippen molar-refractivity contribution in [2.45, 2.75) is 77.5 Å². The molecule has 0 spiro atoms. The van der Waals surface area contributed by atoms with E-state index < -0.39 is 60.2 Å². The molecule has 0 aliphatic carbocycles. The van der Waals surface area contributed by atoms with Crippen molar-refractivity contribution in [2.24, 2.45) is 17.6 Å². The van der Waals surface area contributed by atoms with Gasteiger partial charge < -0.3 is 31.9 Å². The average molecular weight is 507 g/mol. The molecule has 11 nitrogen and oxygen atoms in total. The Kier molecular flexibility index (Phi) is 12.6. The van der Waals surface area contributed by atoms with Gasteiger partial charge in [0.25, 0.3) is 0 Å². The first-order valence-corrected chi connectivity index (χ1v) is 11.9. The monoisotopic (exact) mass is 506 g/mol. The number of amides is 3. The number of hydrogen-bond acceptors (Lipinski definition) is 6. The molecule has 0 aliphatic heterocycles. The summed E-state index contributed by atoms with van der Waals surface area (Å²) in [5.74, 6) is -4.77. The average Bonchev–Trinajstić information content (AvgIpc) is 2.77. The van der Waals surface area contributed by atoms with Gasteiger partial charge in [0.15, 0.2) is 0 Å². The van der Waals surface area contributed by atoms with Crippen LogP contribution in [0.25, 0.3) is 0 Å². The highest BCUT2D eigenvalue weighted by atomic mass is 16.4. The van der Waals surface area contributed by atoms with Crippen molar-refractivity contribution in [3.8, 4) is 0 Å². The zero-order valence-corrected chi connectivity index (χ0v) is 21.2. The summed E-state index contributed by atoms with van der Waals surface area (Å²) in [6.07, 6.45) is -0.193. The molecule has 11 heteroatoms. The lowest BCUT2D eigenvalue weighted by Gasteiger charge is -2.25. The van der Waals surface area contributed by atoms with Gasteiger partial charge in [-0.3, -0.25) is 19.2 Å². The van der Waals surface area contributed by atoms with E-state index in [0.29, 0.717) is 12.0 Å². The van der Waals surface area contributed by atoms with Crippen LogP contribution in [0.1, 0.15) is 52.5 Å². The van der Waals surface area contributed by atoms with Gasteiger partial charge in [-0.15, -0.1) is 0 Å². The summed E-state index contributed by atoms with van der Waals surface area (Å²) in [5, 5.41) is 26.1. The molecule has 4 unspecified atom stereocenters. The third kappa shape index (κ3) is 11.3. The normalized spacial score (nSPS) is 14.4. The number of hydrogen-bond donors (Lipinski definition) is 6. The summed E-state index contributed by atoms with van der Waals surface area (Å²) in [6, 6.07) is 3.92. The maximum Gasteiger partial charge on any atom is 0.326 e. The van der Waals surface area contributed by atoms with Crippen molar-refractivity contribution in [3.05, 3.63) is 35.9 Å². The van der Waals surface area contributed by atoms with Gasteiger partial charge in [-0.2, -0.15) is 0 Å². The minimum atomic E-state index is -1.48. The molecule has 3 amide bonds. The number of nitrogens with one attached hydrogen (secondary N) is 3. The predicted octanol–water partition coefficient (Wildman–Crippen LogP) is 0.662. The van der Waals surface area contributed by atoms with E-state index >= 15 is 0 Å². The minimum Gasteiger partial charge on any atom is -0.481 e. The van der Waals surface area contributed by atoms with E-state index in [1.54, 1.807) is 30.3 Å². The number of rotatable bonds is 15. The molecule has 1 aromatic carbocycles. The van der Waals surface area contributed by atoms with Crippen molar-refractivity contribution in [1.29, 1.82) is 0 Å². The lowest BCUT2D eigenvalue weighted by molar-refractivity contribution is -0.143. The zero-order valence-electron chi connectivity index (χ0n) is 21.2. The topological polar surface area (TPSA) is 188 Å². The van der Waals surface area contributed by atoms with E-state index in [-0.39, 0.29) is 24.7 Å². The van der Waals surface area contributed by atoms with Crippen LogP contribution in [0.15, 0.2) is 30.3 Å². The number of aliphatic carboxylic acids is 2. The fourth-order valence-corrected chi connectivity index (χ4v) is 3.57. The Morgan fingerprint density at radius 3 is 1.75 bits per heavy atom. The van der Waals surface area contributed by atoms with Crippen LogP contribution in [0.4, 0.5) is 0 Å². The quantitative estimate of drug-likeness (QED) is 0.200. The first kappa shape index (κ1) is 30.6. The van der Waals surface area contributed by atoms with Crippen LogP contribution in [-0.2, 0) is 30.4 Å². The van der Waals surface area contributed by atoms with Crippen molar-refractivity contribution in [2.75, 3.05) is 0 Å². The van der Waals surface area contributed by atoms with E-state index in [9.17, 15) is 34.2 Å². The third-order valence-electron chi connectivity index (χ3n) is 5.31. The Labute approximate surface area is 211 Å². The first-order valence-electron chi connectivity index (χ1n) is 11.9. The Balaban J connectivity index is 3.12. The molecular weight excluding hydrogens is 468 g/mol. The van der Waals surface area contributed by atoms with E-state index in [2.05, 4.69) is 16.0 Å². The fraction of sp³-hybridized carbons (Fsp3) is 0.560. The van der Waals surface area contributed by atoms with Crippen molar-refractivity contribution in [3.63, 3.8) is 0 Å². The second-order valence-corrected chi connectivity index (χ2v) is 9.67. The number of carboxylic acids is 2. The Morgan fingerprint density at radius 1 is 0.750 bits per heavy atom. The van der Waals surface area contributed by atoms with Crippen molar-refractivity contribution < 1.29 is 34.2 Å². The Hall–Kier alpha value is -3.47. The van der Waals surface area contributed by atoms with E-state index in [4.69, 9.17) is 5.73 Å². The molecule has 0 saturated heterocycles. The molecule has 7 N–H and O–H groups in total. The van der Waals surface area contributed by atoms with Gasteiger partial charge in [-0.1, -0.05) is 58.0 Å². The molecule has 1 aromatic rings. The number of carbonyl (C=O) groups is 5. The fourth-order valence-electron chi connectivity index (χ4n) is 3.57. The molecule has 0 radical (unpaired) electrons. The van der Waals surface area contributed by atoms with Crippen LogP contribution in [-0.4, -0.2) is 64.0 Å². The summed E-state index contributed by atoms with van der Waals surface area (Å²) < 4.78 is 0. The summed E-state index contributed by atoms with van der Waals surface area (Å²) in [7, 11) is 0. The van der Waals surface area contributed by atoms with Gasteiger partial charge in [0.2, 0.25) is 17.7 Å². The van der Waals surface area contributed by atoms with Crippen LogP contribution in [0.2, 0.25) is 0 Å². The van der Waals surface area contributed by atoms with E-state index in [1.165, 1.54) is 0 Å². The molecule has 200 valence electrons. The van der Waals surface area contributed by atoms with Crippen LogP contribution >= 0.6 is 0 Å². The highest BCUT2D eigenvalue weighted by Gasteiger charge is 2.32. The smallest absolute Gasteiger partial charge is 0.326 e. The van der Waals surface area contributed by atoms with Crippen LogP contribution in [0, 0.1) is 11.8 Å². The molecule has 1 rings (SSSR count). The summed E-state index contributed by atoms with van der Waals surface area (Å²) >= 11 is 0. The molecule has 0 saturated carbocycles. The number of benzene rings is 1. The lowest BCUT2D eigenvalue weighted by atomic mass is 10.0. The highest BCUT2D eigenvalue weighted by Crippen LogP contribution is 2.09. The second-order valence-electron chi connectivity index (χ2n) is 9.67. The third-order valence-corrected chi connectivity index (χ3v) is 5.31. The molecule has 0 heterocycles. The van der Waals surface area contributed by atoms with Gasteiger partial charge in [0.05, 0.1) is 12.5 Å². The largest absolute Gasteiger partial charge is 0.481 e. The Morgan fingerprint density at radius 2 is 1.25 bits per heavy atom. The molecule has 0 aromatic heterocycles. The standard InChI is InChI=1S/C25H38N4O7/c1-14(2)10-17(26)22(32)27-19(13-21(30)31)24(34)28-18(12-16-8-6-5-7-9-16)23(33)29-20(25(35)36)11-15(3)4/h5-9,14-15,17-20H,10-13,26H2,1-4H3,(H,27,32)(H,28,34)(H,29,33)(H,30,31)(H,35,36).